The Labute approximate surface area is 208 Å². The van der Waals surface area contributed by atoms with Crippen molar-refractivity contribution in [3.8, 4) is 5.75 Å². The number of rotatable bonds is 8. The van der Waals surface area contributed by atoms with Crippen molar-refractivity contribution < 1.29 is 24.2 Å². The number of alkyl carbamates (subject to hydrolysis) is 1. The van der Waals surface area contributed by atoms with Crippen molar-refractivity contribution >= 4 is 17.9 Å². The molecule has 2 aliphatic rings. The van der Waals surface area contributed by atoms with Crippen LogP contribution in [0.2, 0.25) is 0 Å². The Morgan fingerprint density at radius 1 is 1.00 bits per heavy atom. The number of carbonyl (C=O) groups is 3. The number of benzene rings is 1. The predicted octanol–water partition coefficient (Wildman–Crippen LogP) is 4.42. The molecule has 2 aliphatic carbocycles. The normalized spacial score (nSPS) is 18.5. The predicted molar refractivity (Wildman–Crippen MR) is 134 cm³/mol. The maximum atomic E-state index is 14.0. The fourth-order valence-corrected chi connectivity index (χ4v) is 4.60. The number of carbonyl (C=O) groups excluding carboxylic acids is 3. The van der Waals surface area contributed by atoms with Crippen LogP contribution in [0.4, 0.5) is 4.79 Å². The van der Waals surface area contributed by atoms with E-state index in [9.17, 15) is 19.5 Å². The summed E-state index contributed by atoms with van der Waals surface area (Å²) in [7, 11) is 0. The minimum atomic E-state index is -0.848. The molecule has 1 aromatic rings. The summed E-state index contributed by atoms with van der Waals surface area (Å²) >= 11 is 0. The van der Waals surface area contributed by atoms with Crippen LogP contribution >= 0.6 is 0 Å². The highest BCUT2D eigenvalue weighted by atomic mass is 16.6. The fraction of sp³-hybridized carbons (Fsp3) is 0.667. The van der Waals surface area contributed by atoms with Crippen LogP contribution in [0.1, 0.15) is 91.2 Å². The average Bonchev–Trinajstić information content (AvgIpc) is 3.60. The molecule has 194 valence electrons. The first-order chi connectivity index (χ1) is 16.5. The molecule has 2 unspecified atom stereocenters. The summed E-state index contributed by atoms with van der Waals surface area (Å²) in [5, 5.41) is 15.7. The quantitative estimate of drug-likeness (QED) is 0.503. The first kappa shape index (κ1) is 26.8. The van der Waals surface area contributed by atoms with Crippen LogP contribution in [0, 0.1) is 5.92 Å². The van der Waals surface area contributed by atoms with Gasteiger partial charge in [0.2, 0.25) is 11.8 Å². The van der Waals surface area contributed by atoms with Crippen molar-refractivity contribution in [2.45, 2.75) is 109 Å². The third kappa shape index (κ3) is 7.61. The molecule has 0 spiro atoms. The Balaban J connectivity index is 1.91. The summed E-state index contributed by atoms with van der Waals surface area (Å²) in [5.41, 5.74) is -0.0598. The lowest BCUT2D eigenvalue weighted by Gasteiger charge is -2.36. The van der Waals surface area contributed by atoms with Gasteiger partial charge in [0.25, 0.3) is 0 Å². The van der Waals surface area contributed by atoms with Gasteiger partial charge in [-0.25, -0.2) is 4.79 Å². The molecular formula is C27H41N3O5. The number of phenolic OH excluding ortho intramolecular Hbond substituents is 1. The van der Waals surface area contributed by atoms with Gasteiger partial charge in [0.15, 0.2) is 0 Å². The third-order valence-electron chi connectivity index (χ3n) is 6.49. The molecule has 3 rings (SSSR count). The minimum absolute atomic E-state index is 0.0832. The number of nitrogens with one attached hydrogen (secondary N) is 2. The summed E-state index contributed by atoms with van der Waals surface area (Å²) < 4.78 is 5.40. The molecule has 2 saturated carbocycles. The molecule has 35 heavy (non-hydrogen) atoms. The highest BCUT2D eigenvalue weighted by molar-refractivity contribution is 5.92. The summed E-state index contributed by atoms with van der Waals surface area (Å²) in [6.07, 6.45) is 6.13. The van der Waals surface area contributed by atoms with E-state index in [1.807, 2.05) is 13.8 Å². The topological polar surface area (TPSA) is 108 Å². The van der Waals surface area contributed by atoms with Gasteiger partial charge in [-0.1, -0.05) is 45.2 Å². The summed E-state index contributed by atoms with van der Waals surface area (Å²) in [4.78, 5) is 41.9. The standard InChI is InChI=1S/C27H41N3O5/c1-17(2)22(29-26(34)35-27(3,4)5)25(33)30(20-13-14-20)23(18-11-15-21(31)16-12-18)24(32)28-19-9-7-6-8-10-19/h11-12,15-17,19-20,22-23,31H,6-10,13-14H2,1-5H3,(H,28,32)(H,29,34). The van der Waals surface area contributed by atoms with E-state index in [1.54, 1.807) is 37.8 Å². The van der Waals surface area contributed by atoms with Crippen molar-refractivity contribution in [2.75, 3.05) is 0 Å². The molecule has 2 atom stereocenters. The molecule has 3 N–H and O–H groups in total. The van der Waals surface area contributed by atoms with Crippen LogP contribution in [0.3, 0.4) is 0 Å². The van der Waals surface area contributed by atoms with E-state index in [1.165, 1.54) is 18.6 Å². The van der Waals surface area contributed by atoms with E-state index in [0.717, 1.165) is 38.5 Å². The number of ether oxygens (including phenoxy) is 1. The second kappa shape index (κ2) is 11.3. The molecule has 0 bridgehead atoms. The molecule has 0 saturated heterocycles. The lowest BCUT2D eigenvalue weighted by atomic mass is 9.94. The molecule has 2 fully saturated rings. The smallest absolute Gasteiger partial charge is 0.408 e. The minimum Gasteiger partial charge on any atom is -0.508 e. The fourth-order valence-electron chi connectivity index (χ4n) is 4.60. The van der Waals surface area contributed by atoms with Gasteiger partial charge >= 0.3 is 6.09 Å². The zero-order chi connectivity index (χ0) is 25.8. The first-order valence-electron chi connectivity index (χ1n) is 12.9. The van der Waals surface area contributed by atoms with Crippen LogP contribution < -0.4 is 10.6 Å². The van der Waals surface area contributed by atoms with Gasteiger partial charge in [-0.2, -0.15) is 0 Å². The molecule has 8 nitrogen and oxygen atoms in total. The molecule has 0 radical (unpaired) electrons. The Hall–Kier alpha value is -2.77. The molecule has 0 heterocycles. The zero-order valence-corrected chi connectivity index (χ0v) is 21.7. The van der Waals surface area contributed by atoms with E-state index in [0.29, 0.717) is 5.56 Å². The zero-order valence-electron chi connectivity index (χ0n) is 21.7. The molecular weight excluding hydrogens is 446 g/mol. The van der Waals surface area contributed by atoms with E-state index in [-0.39, 0.29) is 35.6 Å². The van der Waals surface area contributed by atoms with E-state index in [4.69, 9.17) is 4.74 Å². The number of phenols is 1. The number of amides is 3. The Morgan fingerprint density at radius 2 is 1.60 bits per heavy atom. The van der Waals surface area contributed by atoms with Crippen LogP contribution in [-0.4, -0.2) is 51.6 Å². The first-order valence-corrected chi connectivity index (χ1v) is 12.9. The maximum absolute atomic E-state index is 14.0. The number of aromatic hydroxyl groups is 1. The Morgan fingerprint density at radius 3 is 2.11 bits per heavy atom. The lowest BCUT2D eigenvalue weighted by molar-refractivity contribution is -0.144. The second-order valence-electron chi connectivity index (χ2n) is 11.2. The van der Waals surface area contributed by atoms with Gasteiger partial charge in [0.05, 0.1) is 0 Å². The van der Waals surface area contributed by atoms with Crippen molar-refractivity contribution in [2.24, 2.45) is 5.92 Å². The van der Waals surface area contributed by atoms with Gasteiger partial charge in [0, 0.05) is 12.1 Å². The Bertz CT molecular complexity index is 883. The van der Waals surface area contributed by atoms with E-state index >= 15 is 0 Å². The number of hydrogen-bond donors (Lipinski definition) is 3. The van der Waals surface area contributed by atoms with E-state index < -0.39 is 23.8 Å². The lowest BCUT2D eigenvalue weighted by Crippen LogP contribution is -2.56. The van der Waals surface area contributed by atoms with Crippen molar-refractivity contribution in [1.82, 2.24) is 15.5 Å². The average molecular weight is 488 g/mol. The highest BCUT2D eigenvalue weighted by Crippen LogP contribution is 2.37. The summed E-state index contributed by atoms with van der Waals surface area (Å²) in [6, 6.07) is 4.76. The van der Waals surface area contributed by atoms with Crippen LogP contribution in [0.15, 0.2) is 24.3 Å². The summed E-state index contributed by atoms with van der Waals surface area (Å²) in [5.74, 6) is -0.637. The van der Waals surface area contributed by atoms with E-state index in [2.05, 4.69) is 10.6 Å². The molecule has 1 aromatic carbocycles. The molecule has 8 heteroatoms. The SMILES string of the molecule is CC(C)C(NC(=O)OC(C)(C)C)C(=O)N(C1CC1)C(C(=O)NC1CCCCC1)c1ccc(O)cc1. The molecule has 0 aromatic heterocycles. The highest BCUT2D eigenvalue weighted by Gasteiger charge is 2.45. The van der Waals surface area contributed by atoms with Gasteiger partial charge in [-0.3, -0.25) is 9.59 Å². The number of nitrogens with zero attached hydrogens (tertiary/aromatic N) is 1. The van der Waals surface area contributed by atoms with Crippen LogP contribution in [-0.2, 0) is 14.3 Å². The van der Waals surface area contributed by atoms with Gasteiger partial charge < -0.3 is 25.4 Å². The van der Waals surface area contributed by atoms with Gasteiger partial charge in [-0.15, -0.1) is 0 Å². The van der Waals surface area contributed by atoms with Crippen molar-refractivity contribution in [1.29, 1.82) is 0 Å². The maximum Gasteiger partial charge on any atom is 0.408 e. The molecule has 3 amide bonds. The largest absolute Gasteiger partial charge is 0.508 e. The van der Waals surface area contributed by atoms with Gasteiger partial charge in [-0.05, 0) is 70.1 Å². The van der Waals surface area contributed by atoms with Crippen LogP contribution in [0.25, 0.3) is 0 Å². The third-order valence-corrected chi connectivity index (χ3v) is 6.49. The monoisotopic (exact) mass is 487 g/mol. The van der Waals surface area contributed by atoms with Crippen molar-refractivity contribution in [3.05, 3.63) is 29.8 Å². The number of hydrogen-bond acceptors (Lipinski definition) is 5. The Kier molecular flexibility index (Phi) is 8.67. The summed E-state index contributed by atoms with van der Waals surface area (Å²) in [6.45, 7) is 9.04. The van der Waals surface area contributed by atoms with Crippen molar-refractivity contribution in [3.63, 3.8) is 0 Å². The molecule has 0 aliphatic heterocycles. The van der Waals surface area contributed by atoms with Crippen LogP contribution in [0.5, 0.6) is 5.75 Å². The second-order valence-corrected chi connectivity index (χ2v) is 11.2. The van der Waals surface area contributed by atoms with Gasteiger partial charge in [0.1, 0.15) is 23.4 Å².